The number of carbonyl (C=O) groups is 1. The number of likely N-dealkylation sites (tertiary alicyclic amines) is 1. The molecule has 1 aliphatic rings. The van der Waals surface area contributed by atoms with Gasteiger partial charge in [0.1, 0.15) is 0 Å². The zero-order chi connectivity index (χ0) is 11.3. The Morgan fingerprint density at radius 3 is 2.87 bits per heavy atom. The summed E-state index contributed by atoms with van der Waals surface area (Å²) in [5.41, 5.74) is 5.74. The van der Waals surface area contributed by atoms with Gasteiger partial charge in [-0.2, -0.15) is 0 Å². The predicted octanol–water partition coefficient (Wildman–Crippen LogP) is 0.487. The molecule has 0 radical (unpaired) electrons. The standard InChI is InChI=1S/C11H22N2O2/c1-2-10(12)11(15)13-7-5-3-4-6-9(13)8-14/h9-10,14H,2-8,12H2,1H3/t9?,10-/m1/s1. The van der Waals surface area contributed by atoms with Crippen LogP contribution in [0.2, 0.25) is 0 Å². The lowest BCUT2D eigenvalue weighted by molar-refractivity contribution is -0.135. The maximum atomic E-state index is 11.9. The smallest absolute Gasteiger partial charge is 0.239 e. The SMILES string of the molecule is CC[C@@H](N)C(=O)N1CCCCCC1CO. The van der Waals surface area contributed by atoms with E-state index in [0.29, 0.717) is 6.42 Å². The summed E-state index contributed by atoms with van der Waals surface area (Å²) in [6.45, 7) is 2.72. The number of aliphatic hydroxyl groups is 1. The van der Waals surface area contributed by atoms with Gasteiger partial charge in [-0.15, -0.1) is 0 Å². The van der Waals surface area contributed by atoms with Crippen LogP contribution in [0, 0.1) is 0 Å². The van der Waals surface area contributed by atoms with E-state index in [9.17, 15) is 9.90 Å². The van der Waals surface area contributed by atoms with Crippen molar-refractivity contribution in [1.82, 2.24) is 4.90 Å². The van der Waals surface area contributed by atoms with Crippen LogP contribution in [0.5, 0.6) is 0 Å². The molecule has 0 aromatic rings. The summed E-state index contributed by atoms with van der Waals surface area (Å²) < 4.78 is 0. The first-order valence-corrected chi connectivity index (χ1v) is 5.87. The van der Waals surface area contributed by atoms with Gasteiger partial charge < -0.3 is 15.7 Å². The van der Waals surface area contributed by atoms with Crippen molar-refractivity contribution >= 4 is 5.91 Å². The molecule has 4 nitrogen and oxygen atoms in total. The van der Waals surface area contributed by atoms with Gasteiger partial charge in [0.15, 0.2) is 0 Å². The molecular weight excluding hydrogens is 192 g/mol. The maximum absolute atomic E-state index is 11.9. The highest BCUT2D eigenvalue weighted by molar-refractivity contribution is 5.81. The molecule has 0 aromatic carbocycles. The molecule has 3 N–H and O–H groups in total. The van der Waals surface area contributed by atoms with Gasteiger partial charge in [0.2, 0.25) is 5.91 Å². The lowest BCUT2D eigenvalue weighted by Gasteiger charge is -2.30. The van der Waals surface area contributed by atoms with Gasteiger partial charge in [-0.25, -0.2) is 0 Å². The zero-order valence-corrected chi connectivity index (χ0v) is 9.48. The number of aliphatic hydroxyl groups excluding tert-OH is 1. The minimum atomic E-state index is -0.405. The van der Waals surface area contributed by atoms with E-state index >= 15 is 0 Å². The Kier molecular flexibility index (Phi) is 5.05. The van der Waals surface area contributed by atoms with Crippen molar-refractivity contribution in [2.75, 3.05) is 13.2 Å². The highest BCUT2D eigenvalue weighted by Crippen LogP contribution is 2.17. The third-order valence-electron chi connectivity index (χ3n) is 3.13. The highest BCUT2D eigenvalue weighted by atomic mass is 16.3. The van der Waals surface area contributed by atoms with Crippen molar-refractivity contribution in [3.8, 4) is 0 Å². The Balaban J connectivity index is 2.65. The molecule has 1 unspecified atom stereocenters. The molecule has 4 heteroatoms. The molecule has 1 heterocycles. The molecule has 0 aromatic heterocycles. The van der Waals surface area contributed by atoms with Crippen molar-refractivity contribution in [3.63, 3.8) is 0 Å². The summed E-state index contributed by atoms with van der Waals surface area (Å²) in [6, 6.07) is -0.422. The molecule has 1 fully saturated rings. The molecule has 0 bridgehead atoms. The number of amides is 1. The number of nitrogens with zero attached hydrogens (tertiary/aromatic N) is 1. The van der Waals surface area contributed by atoms with Gasteiger partial charge in [-0.3, -0.25) is 4.79 Å². The molecule has 1 saturated heterocycles. The van der Waals surface area contributed by atoms with E-state index in [1.54, 1.807) is 4.90 Å². The number of rotatable bonds is 3. The van der Waals surface area contributed by atoms with Crippen LogP contribution < -0.4 is 5.73 Å². The first kappa shape index (κ1) is 12.5. The van der Waals surface area contributed by atoms with Crippen LogP contribution >= 0.6 is 0 Å². The fourth-order valence-corrected chi connectivity index (χ4v) is 2.04. The molecular formula is C11H22N2O2. The Morgan fingerprint density at radius 2 is 2.27 bits per heavy atom. The summed E-state index contributed by atoms with van der Waals surface area (Å²) in [6.07, 6.45) is 4.82. The van der Waals surface area contributed by atoms with Gasteiger partial charge in [0.25, 0.3) is 0 Å². The summed E-state index contributed by atoms with van der Waals surface area (Å²) in [5, 5.41) is 9.26. The average molecular weight is 214 g/mol. The zero-order valence-electron chi connectivity index (χ0n) is 9.48. The molecule has 1 aliphatic heterocycles. The third kappa shape index (κ3) is 3.18. The lowest BCUT2D eigenvalue weighted by atomic mass is 10.1. The molecule has 1 amide bonds. The third-order valence-corrected chi connectivity index (χ3v) is 3.13. The van der Waals surface area contributed by atoms with E-state index in [-0.39, 0.29) is 18.6 Å². The van der Waals surface area contributed by atoms with Crippen molar-refractivity contribution in [1.29, 1.82) is 0 Å². The lowest BCUT2D eigenvalue weighted by Crippen LogP contribution is -2.49. The van der Waals surface area contributed by atoms with E-state index in [4.69, 9.17) is 5.73 Å². The topological polar surface area (TPSA) is 66.6 Å². The van der Waals surface area contributed by atoms with Gasteiger partial charge >= 0.3 is 0 Å². The number of hydrogen-bond acceptors (Lipinski definition) is 3. The van der Waals surface area contributed by atoms with E-state index in [1.165, 1.54) is 0 Å². The van der Waals surface area contributed by atoms with Crippen molar-refractivity contribution < 1.29 is 9.90 Å². The number of hydrogen-bond donors (Lipinski definition) is 2. The Hall–Kier alpha value is -0.610. The Bertz CT molecular complexity index is 209. The maximum Gasteiger partial charge on any atom is 0.239 e. The summed E-state index contributed by atoms with van der Waals surface area (Å²) in [7, 11) is 0. The number of nitrogens with two attached hydrogens (primary N) is 1. The van der Waals surface area contributed by atoms with Gasteiger partial charge in [-0.05, 0) is 19.3 Å². The first-order valence-electron chi connectivity index (χ1n) is 5.87. The van der Waals surface area contributed by atoms with E-state index in [2.05, 4.69) is 0 Å². The second kappa shape index (κ2) is 6.08. The highest BCUT2D eigenvalue weighted by Gasteiger charge is 2.27. The van der Waals surface area contributed by atoms with Crippen LogP contribution in [0.4, 0.5) is 0 Å². The monoisotopic (exact) mass is 214 g/mol. The van der Waals surface area contributed by atoms with Crippen LogP contribution in [0.1, 0.15) is 39.0 Å². The minimum absolute atomic E-state index is 0.00144. The molecule has 2 atom stereocenters. The number of carbonyl (C=O) groups excluding carboxylic acids is 1. The van der Waals surface area contributed by atoms with E-state index < -0.39 is 6.04 Å². The largest absolute Gasteiger partial charge is 0.394 e. The fraction of sp³-hybridized carbons (Fsp3) is 0.909. The van der Waals surface area contributed by atoms with Gasteiger partial charge in [0, 0.05) is 6.54 Å². The van der Waals surface area contributed by atoms with Crippen molar-refractivity contribution in [2.24, 2.45) is 5.73 Å². The van der Waals surface area contributed by atoms with Crippen LogP contribution in [0.25, 0.3) is 0 Å². The summed E-state index contributed by atoms with van der Waals surface area (Å²) in [4.78, 5) is 13.7. The van der Waals surface area contributed by atoms with E-state index in [0.717, 1.165) is 32.2 Å². The van der Waals surface area contributed by atoms with Crippen LogP contribution in [0.15, 0.2) is 0 Å². The van der Waals surface area contributed by atoms with Crippen LogP contribution in [-0.4, -0.2) is 41.1 Å². The predicted molar refractivity (Wildman–Crippen MR) is 59.3 cm³/mol. The molecule has 15 heavy (non-hydrogen) atoms. The second-order valence-corrected chi connectivity index (χ2v) is 4.23. The van der Waals surface area contributed by atoms with Crippen LogP contribution in [-0.2, 0) is 4.79 Å². The Labute approximate surface area is 91.4 Å². The van der Waals surface area contributed by atoms with Crippen molar-refractivity contribution in [2.45, 2.75) is 51.1 Å². The quantitative estimate of drug-likeness (QED) is 0.718. The summed E-state index contributed by atoms with van der Waals surface area (Å²) >= 11 is 0. The second-order valence-electron chi connectivity index (χ2n) is 4.23. The Morgan fingerprint density at radius 1 is 1.53 bits per heavy atom. The molecule has 88 valence electrons. The first-order chi connectivity index (χ1) is 7.20. The molecule has 0 aliphatic carbocycles. The molecule has 1 rings (SSSR count). The van der Waals surface area contributed by atoms with Crippen LogP contribution in [0.3, 0.4) is 0 Å². The summed E-state index contributed by atoms with van der Waals surface area (Å²) in [5.74, 6) is -0.00144. The minimum Gasteiger partial charge on any atom is -0.394 e. The average Bonchev–Trinajstić information content (AvgIpc) is 2.51. The van der Waals surface area contributed by atoms with Gasteiger partial charge in [0.05, 0.1) is 18.7 Å². The van der Waals surface area contributed by atoms with Crippen molar-refractivity contribution in [3.05, 3.63) is 0 Å². The van der Waals surface area contributed by atoms with E-state index in [1.807, 2.05) is 6.92 Å². The molecule has 0 spiro atoms. The van der Waals surface area contributed by atoms with Gasteiger partial charge in [-0.1, -0.05) is 19.8 Å². The normalized spacial score (nSPS) is 24.7. The molecule has 0 saturated carbocycles. The fourth-order valence-electron chi connectivity index (χ4n) is 2.04.